The molecule has 3 heterocycles. The van der Waals surface area contributed by atoms with Gasteiger partial charge in [0, 0.05) is 32.2 Å². The van der Waals surface area contributed by atoms with E-state index < -0.39 is 0 Å². The molecule has 4 nitrogen and oxygen atoms in total. The van der Waals surface area contributed by atoms with Gasteiger partial charge in [0.25, 0.3) is 0 Å². The zero-order chi connectivity index (χ0) is 16.4. The van der Waals surface area contributed by atoms with Gasteiger partial charge in [-0.3, -0.25) is 4.79 Å². The van der Waals surface area contributed by atoms with Gasteiger partial charge in [0.1, 0.15) is 0 Å². The molecule has 3 aliphatic heterocycles. The van der Waals surface area contributed by atoms with Crippen LogP contribution < -0.4 is 0 Å². The number of piperidine rings is 1. The van der Waals surface area contributed by atoms with Crippen LogP contribution in [0.25, 0.3) is 0 Å². The van der Waals surface area contributed by atoms with Gasteiger partial charge in [-0.25, -0.2) is 0 Å². The SMILES string of the molecule is O=C(C1CCN(CC2CCOC2)CC1)N1CCc2ccccc2C1. The van der Waals surface area contributed by atoms with Gasteiger partial charge >= 0.3 is 0 Å². The number of hydrogen-bond donors (Lipinski definition) is 0. The van der Waals surface area contributed by atoms with Crippen LogP contribution >= 0.6 is 0 Å². The number of rotatable bonds is 3. The molecule has 2 fully saturated rings. The number of likely N-dealkylation sites (tertiary alicyclic amines) is 1. The molecule has 0 spiro atoms. The second-order valence-corrected chi connectivity index (χ2v) is 7.58. The minimum absolute atomic E-state index is 0.228. The Hall–Kier alpha value is -1.39. The number of carbonyl (C=O) groups excluding carboxylic acids is 1. The molecule has 0 aromatic heterocycles. The third-order valence-corrected chi connectivity index (χ3v) is 5.92. The lowest BCUT2D eigenvalue weighted by Gasteiger charge is -2.36. The van der Waals surface area contributed by atoms with Gasteiger partial charge in [-0.05, 0) is 55.8 Å². The maximum absolute atomic E-state index is 12.9. The highest BCUT2D eigenvalue weighted by molar-refractivity contribution is 5.79. The maximum atomic E-state index is 12.9. The van der Waals surface area contributed by atoms with Gasteiger partial charge in [0.05, 0.1) is 6.61 Å². The molecule has 1 aromatic rings. The third kappa shape index (κ3) is 3.50. The molecule has 0 aliphatic carbocycles. The van der Waals surface area contributed by atoms with Crippen molar-refractivity contribution in [3.05, 3.63) is 35.4 Å². The summed E-state index contributed by atoms with van der Waals surface area (Å²) in [5.41, 5.74) is 2.74. The Kier molecular flexibility index (Phi) is 4.86. The summed E-state index contributed by atoms with van der Waals surface area (Å²) in [5.74, 6) is 1.32. The Morgan fingerprint density at radius 1 is 1.08 bits per heavy atom. The average Bonchev–Trinajstić information content (AvgIpc) is 3.14. The monoisotopic (exact) mass is 328 g/mol. The van der Waals surface area contributed by atoms with Crippen molar-refractivity contribution in [3.8, 4) is 0 Å². The van der Waals surface area contributed by atoms with Gasteiger partial charge in [0.2, 0.25) is 5.91 Å². The molecule has 4 heteroatoms. The summed E-state index contributed by atoms with van der Waals surface area (Å²) in [6, 6.07) is 8.54. The van der Waals surface area contributed by atoms with Crippen molar-refractivity contribution in [1.82, 2.24) is 9.80 Å². The number of benzene rings is 1. The fourth-order valence-corrected chi connectivity index (χ4v) is 4.40. The summed E-state index contributed by atoms with van der Waals surface area (Å²) in [7, 11) is 0. The zero-order valence-corrected chi connectivity index (χ0v) is 14.5. The molecule has 3 aliphatic rings. The molecule has 0 N–H and O–H groups in total. The Morgan fingerprint density at radius 2 is 1.88 bits per heavy atom. The highest BCUT2D eigenvalue weighted by atomic mass is 16.5. The number of nitrogens with zero attached hydrogens (tertiary/aromatic N) is 2. The van der Waals surface area contributed by atoms with E-state index in [2.05, 4.69) is 34.1 Å². The van der Waals surface area contributed by atoms with Crippen LogP contribution in [0.1, 0.15) is 30.4 Å². The molecule has 0 radical (unpaired) electrons. The van der Waals surface area contributed by atoms with Gasteiger partial charge in [-0.1, -0.05) is 24.3 Å². The van der Waals surface area contributed by atoms with E-state index in [1.807, 2.05) is 0 Å². The molecule has 24 heavy (non-hydrogen) atoms. The topological polar surface area (TPSA) is 32.8 Å². The summed E-state index contributed by atoms with van der Waals surface area (Å²) in [5, 5.41) is 0. The fraction of sp³-hybridized carbons (Fsp3) is 0.650. The molecule has 0 saturated carbocycles. The molecule has 1 aromatic carbocycles. The van der Waals surface area contributed by atoms with Gasteiger partial charge < -0.3 is 14.5 Å². The van der Waals surface area contributed by atoms with Gasteiger partial charge in [-0.15, -0.1) is 0 Å². The van der Waals surface area contributed by atoms with Crippen molar-refractivity contribution < 1.29 is 9.53 Å². The van der Waals surface area contributed by atoms with E-state index in [1.54, 1.807) is 0 Å². The van der Waals surface area contributed by atoms with E-state index in [-0.39, 0.29) is 5.92 Å². The van der Waals surface area contributed by atoms with E-state index >= 15 is 0 Å². The van der Waals surface area contributed by atoms with Crippen LogP contribution in [0.3, 0.4) is 0 Å². The average molecular weight is 328 g/mol. The first kappa shape index (κ1) is 16.1. The minimum Gasteiger partial charge on any atom is -0.381 e. The minimum atomic E-state index is 0.228. The lowest BCUT2D eigenvalue weighted by molar-refractivity contribution is -0.138. The lowest BCUT2D eigenvalue weighted by Crippen LogP contribution is -2.45. The van der Waals surface area contributed by atoms with E-state index in [4.69, 9.17) is 4.74 Å². The second-order valence-electron chi connectivity index (χ2n) is 7.58. The van der Waals surface area contributed by atoms with Crippen LogP contribution in [0.5, 0.6) is 0 Å². The van der Waals surface area contributed by atoms with E-state index in [1.165, 1.54) is 17.5 Å². The number of carbonyl (C=O) groups is 1. The lowest BCUT2D eigenvalue weighted by atomic mass is 9.92. The standard InChI is InChI=1S/C20H28N2O2/c23-20(22-11-7-17-3-1-2-4-19(17)14-22)18-5-9-21(10-6-18)13-16-8-12-24-15-16/h1-4,16,18H,5-15H2. The van der Waals surface area contributed by atoms with E-state index in [0.717, 1.165) is 65.2 Å². The first-order valence-corrected chi connectivity index (χ1v) is 9.45. The Bertz CT molecular complexity index is 575. The molecule has 2 saturated heterocycles. The Labute approximate surface area is 144 Å². The predicted molar refractivity (Wildman–Crippen MR) is 93.7 cm³/mol. The van der Waals surface area contributed by atoms with Crippen molar-refractivity contribution in [2.45, 2.75) is 32.2 Å². The number of amides is 1. The van der Waals surface area contributed by atoms with Crippen LogP contribution in [0.2, 0.25) is 0 Å². The summed E-state index contributed by atoms with van der Waals surface area (Å²) >= 11 is 0. The van der Waals surface area contributed by atoms with Crippen LogP contribution in [0.15, 0.2) is 24.3 Å². The summed E-state index contributed by atoms with van der Waals surface area (Å²) in [6.45, 7) is 6.82. The van der Waals surface area contributed by atoms with E-state index in [0.29, 0.717) is 11.8 Å². The summed E-state index contributed by atoms with van der Waals surface area (Å²) in [4.78, 5) is 17.5. The molecular formula is C20H28N2O2. The van der Waals surface area contributed by atoms with Crippen LogP contribution in [0.4, 0.5) is 0 Å². The highest BCUT2D eigenvalue weighted by Gasteiger charge is 2.31. The quantitative estimate of drug-likeness (QED) is 0.854. The highest BCUT2D eigenvalue weighted by Crippen LogP contribution is 2.25. The summed E-state index contributed by atoms with van der Waals surface area (Å²) in [6.07, 6.45) is 4.24. The summed E-state index contributed by atoms with van der Waals surface area (Å²) < 4.78 is 5.48. The molecular weight excluding hydrogens is 300 g/mol. The smallest absolute Gasteiger partial charge is 0.226 e. The van der Waals surface area contributed by atoms with Crippen LogP contribution in [-0.4, -0.2) is 55.1 Å². The zero-order valence-electron chi connectivity index (χ0n) is 14.5. The van der Waals surface area contributed by atoms with Crippen molar-refractivity contribution >= 4 is 5.91 Å². The van der Waals surface area contributed by atoms with Gasteiger partial charge in [0.15, 0.2) is 0 Å². The number of ether oxygens (including phenoxy) is 1. The Balaban J connectivity index is 1.29. The Morgan fingerprint density at radius 3 is 2.62 bits per heavy atom. The van der Waals surface area contributed by atoms with E-state index in [9.17, 15) is 4.79 Å². The molecule has 1 atom stereocenters. The molecule has 0 bridgehead atoms. The normalized spacial score (nSPS) is 25.7. The maximum Gasteiger partial charge on any atom is 0.226 e. The molecule has 130 valence electrons. The number of fused-ring (bicyclic) bond motifs is 1. The van der Waals surface area contributed by atoms with Crippen molar-refractivity contribution in [2.75, 3.05) is 39.4 Å². The largest absolute Gasteiger partial charge is 0.381 e. The predicted octanol–water partition coefficient (Wildman–Crippen LogP) is 2.32. The number of hydrogen-bond acceptors (Lipinski definition) is 3. The first-order valence-electron chi connectivity index (χ1n) is 9.45. The van der Waals surface area contributed by atoms with Crippen molar-refractivity contribution in [2.24, 2.45) is 11.8 Å². The third-order valence-electron chi connectivity index (χ3n) is 5.92. The molecule has 1 amide bonds. The van der Waals surface area contributed by atoms with Gasteiger partial charge in [-0.2, -0.15) is 0 Å². The first-order chi connectivity index (χ1) is 11.8. The van der Waals surface area contributed by atoms with Crippen LogP contribution in [-0.2, 0) is 22.5 Å². The van der Waals surface area contributed by atoms with Crippen molar-refractivity contribution in [1.29, 1.82) is 0 Å². The molecule has 4 rings (SSSR count). The second kappa shape index (κ2) is 7.24. The molecule has 1 unspecified atom stereocenters. The fourth-order valence-electron chi connectivity index (χ4n) is 4.40. The van der Waals surface area contributed by atoms with Crippen molar-refractivity contribution in [3.63, 3.8) is 0 Å². The van der Waals surface area contributed by atoms with Crippen LogP contribution in [0, 0.1) is 11.8 Å².